The Kier molecular flexibility index (Phi) is 4.88. The molecule has 5 rings (SSSR count). The molecule has 0 bridgehead atoms. The highest BCUT2D eigenvalue weighted by Gasteiger charge is 2.10. The largest absolute Gasteiger partial charge is 0.275 e. The molecule has 0 spiro atoms. The minimum absolute atomic E-state index is 0.387. The molecule has 3 nitrogen and oxygen atoms in total. The lowest BCUT2D eigenvalue weighted by molar-refractivity contribution is 1.26. The fraction of sp³-hybridized carbons (Fsp3) is 0. The van der Waals surface area contributed by atoms with Crippen LogP contribution in [0.3, 0.4) is 0 Å². The Morgan fingerprint density at radius 2 is 1.23 bits per heavy atom. The smallest absolute Gasteiger partial charge is 0.153 e. The Bertz CT molecular complexity index is 1310. The maximum atomic E-state index is 6.21. The van der Waals surface area contributed by atoms with Gasteiger partial charge in [-0.2, -0.15) is 5.10 Å². The van der Waals surface area contributed by atoms with E-state index in [1.165, 1.54) is 21.5 Å². The van der Waals surface area contributed by atoms with Crippen LogP contribution >= 0.6 is 11.6 Å². The van der Waals surface area contributed by atoms with Crippen LogP contribution in [0.25, 0.3) is 21.5 Å². The number of hydrogen-bond donors (Lipinski definition) is 1. The Balaban J connectivity index is 1.65. The van der Waals surface area contributed by atoms with Gasteiger partial charge in [0.2, 0.25) is 0 Å². The number of halogens is 1. The van der Waals surface area contributed by atoms with Crippen LogP contribution < -0.4 is 5.43 Å². The Morgan fingerprint density at radius 1 is 0.667 bits per heavy atom. The number of benzene rings is 4. The number of nitrogens with one attached hydrogen (secondary N) is 1. The lowest BCUT2D eigenvalue weighted by Gasteiger charge is -2.11. The highest BCUT2D eigenvalue weighted by atomic mass is 35.5. The van der Waals surface area contributed by atoms with Gasteiger partial charge in [0.05, 0.1) is 11.4 Å². The predicted octanol–water partition coefficient (Wildman–Crippen LogP) is 6.91. The van der Waals surface area contributed by atoms with E-state index in [-0.39, 0.29) is 0 Å². The van der Waals surface area contributed by atoms with Gasteiger partial charge >= 0.3 is 0 Å². The normalized spacial score (nSPS) is 10.8. The maximum absolute atomic E-state index is 6.21. The summed E-state index contributed by atoms with van der Waals surface area (Å²) in [5, 5.41) is 9.87. The summed E-state index contributed by atoms with van der Waals surface area (Å²) in [5.41, 5.74) is 6.65. The highest BCUT2D eigenvalue weighted by molar-refractivity contribution is 6.32. The van der Waals surface area contributed by atoms with Crippen molar-refractivity contribution in [1.29, 1.82) is 0 Å². The second kappa shape index (κ2) is 7.97. The molecule has 4 aromatic carbocycles. The molecule has 144 valence electrons. The first-order chi connectivity index (χ1) is 14.8. The SMILES string of the molecule is Clc1ncccc1NN=C(c1ccc2ccccc2c1)c1ccc2ccccc2c1. The number of fused-ring (bicyclic) bond motifs is 2. The number of anilines is 1. The standard InChI is InChI=1S/C26H18ClN3/c27-26-24(10-5-15-28-26)29-30-25(22-13-11-18-6-1-3-8-20(18)16-22)23-14-12-19-7-2-4-9-21(19)17-23/h1-17,29H. The molecule has 5 aromatic rings. The molecule has 0 amide bonds. The summed E-state index contributed by atoms with van der Waals surface area (Å²) in [6.07, 6.45) is 1.66. The number of hydrazone groups is 1. The van der Waals surface area contributed by atoms with Gasteiger partial charge in [0, 0.05) is 17.3 Å². The molecular formula is C26H18ClN3. The highest BCUT2D eigenvalue weighted by Crippen LogP contribution is 2.23. The quantitative estimate of drug-likeness (QED) is 0.200. The summed E-state index contributed by atoms with van der Waals surface area (Å²) >= 11 is 6.21. The number of pyridine rings is 1. The van der Waals surface area contributed by atoms with Gasteiger partial charge in [-0.3, -0.25) is 5.43 Å². The molecule has 4 heteroatoms. The molecule has 0 aliphatic heterocycles. The van der Waals surface area contributed by atoms with E-state index in [0.29, 0.717) is 10.8 Å². The zero-order valence-electron chi connectivity index (χ0n) is 16.1. The minimum atomic E-state index is 0.387. The second-order valence-corrected chi connectivity index (χ2v) is 7.40. The van der Waals surface area contributed by atoms with E-state index < -0.39 is 0 Å². The van der Waals surface area contributed by atoms with Crippen LogP contribution in [0, 0.1) is 0 Å². The lowest BCUT2D eigenvalue weighted by Crippen LogP contribution is -2.07. The predicted molar refractivity (Wildman–Crippen MR) is 126 cm³/mol. The summed E-state index contributed by atoms with van der Waals surface area (Å²) in [4.78, 5) is 4.12. The van der Waals surface area contributed by atoms with Crippen molar-refractivity contribution in [2.45, 2.75) is 0 Å². The topological polar surface area (TPSA) is 37.3 Å². The Morgan fingerprint density at radius 3 is 1.80 bits per heavy atom. The number of rotatable bonds is 4. The average molecular weight is 408 g/mol. The second-order valence-electron chi connectivity index (χ2n) is 7.04. The fourth-order valence-corrected chi connectivity index (χ4v) is 3.72. The van der Waals surface area contributed by atoms with Crippen LogP contribution in [0.1, 0.15) is 11.1 Å². The molecular weight excluding hydrogens is 390 g/mol. The summed E-state index contributed by atoms with van der Waals surface area (Å²) in [7, 11) is 0. The third-order valence-corrected chi connectivity index (χ3v) is 5.39. The van der Waals surface area contributed by atoms with Crippen LogP contribution in [0.5, 0.6) is 0 Å². The van der Waals surface area contributed by atoms with Gasteiger partial charge in [-0.1, -0.05) is 84.4 Å². The Hall–Kier alpha value is -3.69. The summed E-state index contributed by atoms with van der Waals surface area (Å²) in [5.74, 6) is 0. The first kappa shape index (κ1) is 18.3. The van der Waals surface area contributed by atoms with Crippen LogP contribution in [0.15, 0.2) is 108 Å². The van der Waals surface area contributed by atoms with Gasteiger partial charge in [0.25, 0.3) is 0 Å². The summed E-state index contributed by atoms with van der Waals surface area (Å²) < 4.78 is 0. The van der Waals surface area contributed by atoms with Crippen LogP contribution in [-0.4, -0.2) is 10.7 Å². The Labute approximate surface area is 179 Å². The third kappa shape index (κ3) is 3.63. The molecule has 0 aliphatic rings. The molecule has 1 N–H and O–H groups in total. The van der Waals surface area contributed by atoms with Crippen molar-refractivity contribution in [3.63, 3.8) is 0 Å². The zero-order chi connectivity index (χ0) is 20.3. The molecule has 0 unspecified atom stereocenters. The van der Waals surface area contributed by atoms with Crippen molar-refractivity contribution in [2.75, 3.05) is 5.43 Å². The third-order valence-electron chi connectivity index (χ3n) is 5.09. The molecule has 0 aliphatic carbocycles. The van der Waals surface area contributed by atoms with Crippen LogP contribution in [0.2, 0.25) is 5.15 Å². The number of hydrogen-bond acceptors (Lipinski definition) is 3. The first-order valence-corrected chi connectivity index (χ1v) is 10.1. The van der Waals surface area contributed by atoms with Gasteiger partial charge in [-0.05, 0) is 45.8 Å². The van der Waals surface area contributed by atoms with Crippen molar-refractivity contribution in [3.05, 3.63) is 120 Å². The molecule has 0 atom stereocenters. The monoisotopic (exact) mass is 407 g/mol. The van der Waals surface area contributed by atoms with Crippen molar-refractivity contribution in [1.82, 2.24) is 4.98 Å². The maximum Gasteiger partial charge on any atom is 0.153 e. The molecule has 0 saturated carbocycles. The van der Waals surface area contributed by atoms with Crippen molar-refractivity contribution >= 4 is 44.5 Å². The van der Waals surface area contributed by atoms with E-state index in [4.69, 9.17) is 16.7 Å². The molecule has 30 heavy (non-hydrogen) atoms. The van der Waals surface area contributed by atoms with Gasteiger partial charge in [-0.15, -0.1) is 0 Å². The number of nitrogens with zero attached hydrogens (tertiary/aromatic N) is 2. The van der Waals surface area contributed by atoms with E-state index in [0.717, 1.165) is 16.8 Å². The van der Waals surface area contributed by atoms with E-state index in [9.17, 15) is 0 Å². The van der Waals surface area contributed by atoms with Gasteiger partial charge in [-0.25, -0.2) is 4.98 Å². The van der Waals surface area contributed by atoms with E-state index in [1.54, 1.807) is 6.20 Å². The first-order valence-electron chi connectivity index (χ1n) is 9.70. The lowest BCUT2D eigenvalue weighted by atomic mass is 9.97. The molecule has 0 fully saturated rings. The van der Waals surface area contributed by atoms with Crippen molar-refractivity contribution in [2.24, 2.45) is 5.10 Å². The molecule has 1 aromatic heterocycles. The van der Waals surface area contributed by atoms with Gasteiger partial charge in [0.1, 0.15) is 0 Å². The minimum Gasteiger partial charge on any atom is -0.275 e. The number of aromatic nitrogens is 1. The van der Waals surface area contributed by atoms with Crippen LogP contribution in [-0.2, 0) is 0 Å². The molecule has 1 heterocycles. The van der Waals surface area contributed by atoms with E-state index >= 15 is 0 Å². The fourth-order valence-electron chi connectivity index (χ4n) is 3.55. The van der Waals surface area contributed by atoms with Crippen molar-refractivity contribution in [3.8, 4) is 0 Å². The average Bonchev–Trinajstić information content (AvgIpc) is 2.80. The van der Waals surface area contributed by atoms with Gasteiger partial charge < -0.3 is 0 Å². The summed E-state index contributed by atoms with van der Waals surface area (Å²) in [6, 6.07) is 33.1. The van der Waals surface area contributed by atoms with Crippen molar-refractivity contribution < 1.29 is 0 Å². The van der Waals surface area contributed by atoms with Crippen LogP contribution in [0.4, 0.5) is 5.69 Å². The van der Waals surface area contributed by atoms with Gasteiger partial charge in [0.15, 0.2) is 5.15 Å². The van der Waals surface area contributed by atoms with E-state index in [2.05, 4.69) is 71.1 Å². The molecule has 0 radical (unpaired) electrons. The zero-order valence-corrected chi connectivity index (χ0v) is 16.8. The van der Waals surface area contributed by atoms with E-state index in [1.807, 2.05) is 36.4 Å². The molecule has 0 saturated heterocycles. The summed E-state index contributed by atoms with van der Waals surface area (Å²) in [6.45, 7) is 0.